The summed E-state index contributed by atoms with van der Waals surface area (Å²) in [4.78, 5) is 11.3. The lowest BCUT2D eigenvalue weighted by molar-refractivity contribution is 0.0693. The van der Waals surface area contributed by atoms with E-state index in [1.54, 1.807) is 0 Å². The van der Waals surface area contributed by atoms with Crippen molar-refractivity contribution in [2.75, 3.05) is 0 Å². The molecule has 1 fully saturated rings. The molecule has 1 aliphatic rings. The van der Waals surface area contributed by atoms with Crippen molar-refractivity contribution in [1.82, 2.24) is 5.16 Å². The minimum Gasteiger partial charge on any atom is -0.477 e. The monoisotopic (exact) mass is 237 g/mol. The van der Waals surface area contributed by atoms with Crippen LogP contribution < -0.4 is 0 Å². The second-order valence-electron chi connectivity index (χ2n) is 4.71. The fourth-order valence-electron chi connectivity index (χ4n) is 2.64. The number of hydrogen-bond acceptors (Lipinski definition) is 3. The molecule has 1 saturated carbocycles. The fraction of sp³-hybridized carbons (Fsp3) is 0.692. The zero-order valence-electron chi connectivity index (χ0n) is 10.2. The molecule has 1 N–H and O–H groups in total. The first-order chi connectivity index (χ1) is 8.24. The molecule has 1 aromatic rings. The maximum atomic E-state index is 11.3. The molecule has 2 rings (SSSR count). The topological polar surface area (TPSA) is 63.3 Å². The summed E-state index contributed by atoms with van der Waals surface area (Å²) in [7, 11) is 0. The number of rotatable bonds is 3. The lowest BCUT2D eigenvalue weighted by Crippen LogP contribution is -2.07. The molecule has 0 saturated heterocycles. The molecule has 1 aliphatic carbocycles. The van der Waals surface area contributed by atoms with Crippen molar-refractivity contribution in [3.8, 4) is 0 Å². The number of hydrogen-bond donors (Lipinski definition) is 1. The first-order valence-electron chi connectivity index (χ1n) is 6.45. The second kappa shape index (κ2) is 5.34. The Morgan fingerprint density at radius 2 is 2.00 bits per heavy atom. The number of aromatic nitrogens is 1. The van der Waals surface area contributed by atoms with E-state index in [0.717, 1.165) is 25.7 Å². The van der Waals surface area contributed by atoms with Crippen LogP contribution in [0.2, 0.25) is 0 Å². The molecule has 0 spiro atoms. The van der Waals surface area contributed by atoms with Gasteiger partial charge in [0.2, 0.25) is 0 Å². The maximum Gasteiger partial charge on any atom is 0.341 e. The van der Waals surface area contributed by atoms with Gasteiger partial charge in [0.15, 0.2) is 5.76 Å². The third-order valence-corrected chi connectivity index (χ3v) is 3.57. The van der Waals surface area contributed by atoms with Crippen LogP contribution in [0.1, 0.15) is 73.2 Å². The predicted octanol–water partition coefficient (Wildman–Crippen LogP) is 3.37. The molecule has 0 amide bonds. The molecule has 1 aromatic heterocycles. The Balaban J connectivity index is 2.30. The van der Waals surface area contributed by atoms with Gasteiger partial charge in [-0.05, 0) is 12.8 Å². The van der Waals surface area contributed by atoms with Crippen LogP contribution in [-0.4, -0.2) is 16.2 Å². The number of nitrogens with zero attached hydrogens (tertiary/aromatic N) is 1. The van der Waals surface area contributed by atoms with Crippen molar-refractivity contribution in [1.29, 1.82) is 0 Å². The van der Waals surface area contributed by atoms with Gasteiger partial charge in [0.1, 0.15) is 11.3 Å². The van der Waals surface area contributed by atoms with Gasteiger partial charge in [-0.2, -0.15) is 0 Å². The highest BCUT2D eigenvalue weighted by atomic mass is 16.5. The van der Waals surface area contributed by atoms with Gasteiger partial charge >= 0.3 is 5.97 Å². The van der Waals surface area contributed by atoms with E-state index >= 15 is 0 Å². The van der Waals surface area contributed by atoms with Crippen molar-refractivity contribution in [3.63, 3.8) is 0 Å². The van der Waals surface area contributed by atoms with E-state index in [0.29, 0.717) is 23.4 Å². The average Bonchev–Trinajstić information content (AvgIpc) is 2.56. The fourth-order valence-corrected chi connectivity index (χ4v) is 2.64. The lowest BCUT2D eigenvalue weighted by Gasteiger charge is -2.10. The third-order valence-electron chi connectivity index (χ3n) is 3.57. The molecule has 0 aliphatic heterocycles. The maximum absolute atomic E-state index is 11.3. The zero-order valence-corrected chi connectivity index (χ0v) is 10.2. The summed E-state index contributed by atoms with van der Waals surface area (Å²) in [5, 5.41) is 13.3. The Morgan fingerprint density at radius 3 is 2.53 bits per heavy atom. The van der Waals surface area contributed by atoms with E-state index < -0.39 is 5.97 Å². The molecule has 0 atom stereocenters. The second-order valence-corrected chi connectivity index (χ2v) is 4.71. The predicted molar refractivity (Wildman–Crippen MR) is 63.3 cm³/mol. The molecule has 17 heavy (non-hydrogen) atoms. The number of carboxylic acid groups (broad SMARTS) is 1. The molecule has 0 radical (unpaired) electrons. The van der Waals surface area contributed by atoms with Gasteiger partial charge < -0.3 is 9.63 Å². The van der Waals surface area contributed by atoms with Crippen molar-refractivity contribution in [2.24, 2.45) is 0 Å². The van der Waals surface area contributed by atoms with Crippen molar-refractivity contribution < 1.29 is 14.4 Å². The molecular formula is C13H19NO3. The van der Waals surface area contributed by atoms with E-state index in [2.05, 4.69) is 5.16 Å². The number of aryl methyl sites for hydroxylation is 1. The lowest BCUT2D eigenvalue weighted by atomic mass is 9.93. The van der Waals surface area contributed by atoms with Gasteiger partial charge in [-0.25, -0.2) is 4.79 Å². The van der Waals surface area contributed by atoms with Gasteiger partial charge in [-0.1, -0.05) is 37.8 Å². The number of aromatic carboxylic acids is 1. The van der Waals surface area contributed by atoms with Crippen molar-refractivity contribution >= 4 is 5.97 Å². The van der Waals surface area contributed by atoms with E-state index in [1.807, 2.05) is 6.92 Å². The SMILES string of the molecule is CCc1onc(C2CCCCCC2)c1C(=O)O. The van der Waals surface area contributed by atoms with Gasteiger partial charge in [0.05, 0.1) is 0 Å². The van der Waals surface area contributed by atoms with E-state index in [-0.39, 0.29) is 5.92 Å². The average molecular weight is 237 g/mol. The Labute approximate surface area is 101 Å². The summed E-state index contributed by atoms with van der Waals surface area (Å²) in [5.74, 6) is -0.119. The highest BCUT2D eigenvalue weighted by molar-refractivity contribution is 5.90. The summed E-state index contributed by atoms with van der Waals surface area (Å²) in [6, 6.07) is 0. The van der Waals surface area contributed by atoms with Crippen molar-refractivity contribution in [2.45, 2.75) is 57.8 Å². The molecule has 0 aromatic carbocycles. The third kappa shape index (κ3) is 2.51. The van der Waals surface area contributed by atoms with Crippen LogP contribution in [0.4, 0.5) is 0 Å². The summed E-state index contributed by atoms with van der Waals surface area (Å²) in [5.41, 5.74) is 0.996. The minimum absolute atomic E-state index is 0.271. The molecule has 0 unspecified atom stereocenters. The normalized spacial score (nSPS) is 17.9. The Hall–Kier alpha value is -1.32. The Kier molecular flexibility index (Phi) is 3.82. The number of carbonyl (C=O) groups is 1. The first-order valence-corrected chi connectivity index (χ1v) is 6.45. The Bertz CT molecular complexity index is 389. The van der Waals surface area contributed by atoms with Crippen LogP contribution in [0.5, 0.6) is 0 Å². The summed E-state index contributed by atoms with van der Waals surface area (Å²) in [6.07, 6.45) is 7.48. The van der Waals surface area contributed by atoms with Crippen LogP contribution in [0, 0.1) is 0 Å². The molecule has 4 nitrogen and oxygen atoms in total. The molecular weight excluding hydrogens is 218 g/mol. The minimum atomic E-state index is -0.901. The first kappa shape index (κ1) is 12.1. The van der Waals surface area contributed by atoms with Gasteiger partial charge in [-0.15, -0.1) is 0 Å². The molecule has 0 bridgehead atoms. The molecule has 94 valence electrons. The summed E-state index contributed by atoms with van der Waals surface area (Å²) in [6.45, 7) is 1.89. The van der Waals surface area contributed by atoms with Crippen LogP contribution >= 0.6 is 0 Å². The van der Waals surface area contributed by atoms with Crippen LogP contribution in [-0.2, 0) is 6.42 Å². The molecule has 4 heteroatoms. The highest BCUT2D eigenvalue weighted by Gasteiger charge is 2.27. The highest BCUT2D eigenvalue weighted by Crippen LogP contribution is 2.33. The van der Waals surface area contributed by atoms with Gasteiger partial charge in [-0.3, -0.25) is 0 Å². The van der Waals surface area contributed by atoms with E-state index in [1.165, 1.54) is 12.8 Å². The van der Waals surface area contributed by atoms with Gasteiger partial charge in [0, 0.05) is 12.3 Å². The van der Waals surface area contributed by atoms with Crippen LogP contribution in [0.15, 0.2) is 4.52 Å². The standard InChI is InChI=1S/C13H19NO3/c1-2-10-11(13(15)16)12(14-17-10)9-7-5-3-4-6-8-9/h9H,2-8H2,1H3,(H,15,16). The quantitative estimate of drug-likeness (QED) is 0.818. The zero-order chi connectivity index (χ0) is 12.3. The summed E-state index contributed by atoms with van der Waals surface area (Å²) < 4.78 is 5.17. The van der Waals surface area contributed by atoms with E-state index in [4.69, 9.17) is 4.52 Å². The van der Waals surface area contributed by atoms with Crippen molar-refractivity contribution in [3.05, 3.63) is 17.0 Å². The van der Waals surface area contributed by atoms with E-state index in [9.17, 15) is 9.90 Å². The number of carboxylic acids is 1. The van der Waals surface area contributed by atoms with Crippen LogP contribution in [0.25, 0.3) is 0 Å². The largest absolute Gasteiger partial charge is 0.477 e. The summed E-state index contributed by atoms with van der Waals surface area (Å²) >= 11 is 0. The Morgan fingerprint density at radius 1 is 1.35 bits per heavy atom. The smallest absolute Gasteiger partial charge is 0.341 e. The molecule has 1 heterocycles. The van der Waals surface area contributed by atoms with Crippen LogP contribution in [0.3, 0.4) is 0 Å². The van der Waals surface area contributed by atoms with Gasteiger partial charge in [0.25, 0.3) is 0 Å².